The highest BCUT2D eigenvalue weighted by molar-refractivity contribution is 7.13. The van der Waals surface area contributed by atoms with E-state index in [-0.39, 0.29) is 24.5 Å². The minimum Gasteiger partial charge on any atom is -0.350 e. The number of hydrogen-bond donors (Lipinski definition) is 2. The lowest BCUT2D eigenvalue weighted by Crippen LogP contribution is -2.35. The zero-order chi connectivity index (χ0) is 17.6. The SMILES string of the molecule is O=C(NCCNC(=O)c1ccccc1F)c1nc(-c2cccs2)no1. The van der Waals surface area contributed by atoms with Crippen LogP contribution in [-0.2, 0) is 0 Å². The predicted molar refractivity (Wildman–Crippen MR) is 88.7 cm³/mol. The molecule has 0 aliphatic heterocycles. The topological polar surface area (TPSA) is 97.1 Å². The second-order valence-corrected chi connectivity index (χ2v) is 5.84. The van der Waals surface area contributed by atoms with Crippen LogP contribution in [0.3, 0.4) is 0 Å². The Kier molecular flexibility index (Phi) is 5.14. The van der Waals surface area contributed by atoms with E-state index in [0.29, 0.717) is 5.82 Å². The summed E-state index contributed by atoms with van der Waals surface area (Å²) in [4.78, 5) is 28.5. The molecular weight excluding hydrogens is 347 g/mol. The molecule has 25 heavy (non-hydrogen) atoms. The lowest BCUT2D eigenvalue weighted by Gasteiger charge is -2.06. The first kappa shape index (κ1) is 16.8. The lowest BCUT2D eigenvalue weighted by molar-refractivity contribution is 0.0897. The maximum absolute atomic E-state index is 13.5. The molecule has 9 heteroatoms. The molecule has 2 amide bonds. The van der Waals surface area contributed by atoms with E-state index < -0.39 is 17.6 Å². The molecule has 0 saturated carbocycles. The van der Waals surface area contributed by atoms with E-state index in [2.05, 4.69) is 20.8 Å². The molecule has 0 saturated heterocycles. The lowest BCUT2D eigenvalue weighted by atomic mass is 10.2. The van der Waals surface area contributed by atoms with Crippen molar-refractivity contribution in [1.82, 2.24) is 20.8 Å². The fraction of sp³-hybridized carbons (Fsp3) is 0.125. The molecule has 0 fully saturated rings. The summed E-state index contributed by atoms with van der Waals surface area (Å²) in [7, 11) is 0. The maximum Gasteiger partial charge on any atom is 0.316 e. The minimum atomic E-state index is -0.601. The van der Waals surface area contributed by atoms with Crippen molar-refractivity contribution in [2.45, 2.75) is 0 Å². The van der Waals surface area contributed by atoms with Crippen LogP contribution in [0.2, 0.25) is 0 Å². The summed E-state index contributed by atoms with van der Waals surface area (Å²) in [5, 5.41) is 10.7. The molecule has 3 rings (SSSR count). The van der Waals surface area contributed by atoms with Crippen LogP contribution in [0.1, 0.15) is 21.0 Å². The van der Waals surface area contributed by atoms with E-state index in [9.17, 15) is 14.0 Å². The largest absolute Gasteiger partial charge is 0.350 e. The van der Waals surface area contributed by atoms with Gasteiger partial charge in [-0.1, -0.05) is 23.4 Å². The number of carbonyl (C=O) groups is 2. The number of benzene rings is 1. The van der Waals surface area contributed by atoms with E-state index in [1.54, 1.807) is 6.07 Å². The van der Waals surface area contributed by atoms with Gasteiger partial charge in [0.1, 0.15) is 5.82 Å². The number of amides is 2. The van der Waals surface area contributed by atoms with E-state index in [0.717, 1.165) is 4.88 Å². The van der Waals surface area contributed by atoms with Gasteiger partial charge in [-0.3, -0.25) is 9.59 Å². The van der Waals surface area contributed by atoms with Crippen LogP contribution in [-0.4, -0.2) is 35.0 Å². The molecule has 0 spiro atoms. The van der Waals surface area contributed by atoms with Crippen LogP contribution in [0.5, 0.6) is 0 Å². The first-order valence-electron chi connectivity index (χ1n) is 7.33. The van der Waals surface area contributed by atoms with Gasteiger partial charge in [-0.05, 0) is 23.6 Å². The van der Waals surface area contributed by atoms with E-state index in [4.69, 9.17) is 4.52 Å². The van der Waals surface area contributed by atoms with Crippen LogP contribution in [0.25, 0.3) is 10.7 Å². The molecule has 7 nitrogen and oxygen atoms in total. The standard InChI is InChI=1S/C16H13FN4O3S/c17-11-5-2-1-4-10(11)14(22)18-7-8-19-15(23)16-20-13(21-24-16)12-6-3-9-25-12/h1-6,9H,7-8H2,(H,18,22)(H,19,23). The first-order valence-corrected chi connectivity index (χ1v) is 8.21. The Bertz CT molecular complexity index is 879. The third-order valence-corrected chi connectivity index (χ3v) is 4.04. The molecule has 128 valence electrons. The van der Waals surface area contributed by atoms with Crippen molar-refractivity contribution >= 4 is 23.2 Å². The summed E-state index contributed by atoms with van der Waals surface area (Å²) in [6, 6.07) is 9.32. The van der Waals surface area contributed by atoms with Gasteiger partial charge in [0.15, 0.2) is 0 Å². The van der Waals surface area contributed by atoms with Crippen molar-refractivity contribution in [2.24, 2.45) is 0 Å². The fourth-order valence-electron chi connectivity index (χ4n) is 1.99. The molecule has 2 heterocycles. The van der Waals surface area contributed by atoms with Gasteiger partial charge in [0, 0.05) is 13.1 Å². The summed E-state index contributed by atoms with van der Waals surface area (Å²) in [6.07, 6.45) is 0. The van der Waals surface area contributed by atoms with Crippen LogP contribution in [0.4, 0.5) is 4.39 Å². The van der Waals surface area contributed by atoms with Crippen molar-refractivity contribution in [3.8, 4) is 10.7 Å². The molecule has 3 aromatic rings. The molecule has 0 atom stereocenters. The van der Waals surface area contributed by atoms with Crippen LogP contribution in [0.15, 0.2) is 46.3 Å². The molecule has 0 unspecified atom stereocenters. The highest BCUT2D eigenvalue weighted by atomic mass is 32.1. The molecule has 0 bridgehead atoms. The number of halogens is 1. The highest BCUT2D eigenvalue weighted by Crippen LogP contribution is 2.21. The van der Waals surface area contributed by atoms with Crippen molar-refractivity contribution in [1.29, 1.82) is 0 Å². The van der Waals surface area contributed by atoms with Gasteiger partial charge in [0.25, 0.3) is 5.91 Å². The van der Waals surface area contributed by atoms with Gasteiger partial charge < -0.3 is 15.2 Å². The van der Waals surface area contributed by atoms with Crippen molar-refractivity contribution in [3.05, 3.63) is 59.0 Å². The van der Waals surface area contributed by atoms with Gasteiger partial charge >= 0.3 is 11.8 Å². The van der Waals surface area contributed by atoms with Crippen LogP contribution >= 0.6 is 11.3 Å². The highest BCUT2D eigenvalue weighted by Gasteiger charge is 2.16. The summed E-state index contributed by atoms with van der Waals surface area (Å²) >= 11 is 1.43. The molecular formula is C16H13FN4O3S. The summed E-state index contributed by atoms with van der Waals surface area (Å²) in [5.41, 5.74) is -0.0497. The van der Waals surface area contributed by atoms with Gasteiger partial charge in [-0.25, -0.2) is 4.39 Å². The summed E-state index contributed by atoms with van der Waals surface area (Å²) in [6.45, 7) is 0.264. The normalized spacial score (nSPS) is 10.4. The number of hydrogen-bond acceptors (Lipinski definition) is 6. The number of nitrogens with zero attached hydrogens (tertiary/aromatic N) is 2. The minimum absolute atomic E-state index is 0.0497. The third-order valence-electron chi connectivity index (χ3n) is 3.18. The van der Waals surface area contributed by atoms with Crippen molar-refractivity contribution in [3.63, 3.8) is 0 Å². The van der Waals surface area contributed by atoms with Crippen molar-refractivity contribution < 1.29 is 18.5 Å². The second kappa shape index (κ2) is 7.67. The Morgan fingerprint density at radius 3 is 2.56 bits per heavy atom. The Morgan fingerprint density at radius 1 is 1.08 bits per heavy atom. The van der Waals surface area contributed by atoms with Crippen molar-refractivity contribution in [2.75, 3.05) is 13.1 Å². The zero-order valence-corrected chi connectivity index (χ0v) is 13.7. The van der Waals surface area contributed by atoms with Gasteiger partial charge in [-0.15, -0.1) is 11.3 Å². The predicted octanol–water partition coefficient (Wildman–Crippen LogP) is 2.10. The average molecular weight is 360 g/mol. The molecule has 0 aliphatic carbocycles. The third kappa shape index (κ3) is 4.07. The Hall–Kier alpha value is -3.07. The number of rotatable bonds is 6. The van der Waals surface area contributed by atoms with Crippen LogP contribution < -0.4 is 10.6 Å². The van der Waals surface area contributed by atoms with Gasteiger partial charge in [0.05, 0.1) is 10.4 Å². The van der Waals surface area contributed by atoms with E-state index >= 15 is 0 Å². The average Bonchev–Trinajstić information content (AvgIpc) is 3.29. The monoisotopic (exact) mass is 360 g/mol. The fourth-order valence-corrected chi connectivity index (χ4v) is 2.64. The number of nitrogens with one attached hydrogen (secondary N) is 2. The number of aromatic nitrogens is 2. The molecule has 2 aromatic heterocycles. The summed E-state index contributed by atoms with van der Waals surface area (Å²) < 4.78 is 18.4. The van der Waals surface area contributed by atoms with Crippen LogP contribution in [0, 0.1) is 5.82 Å². The quantitative estimate of drug-likeness (QED) is 0.656. The molecule has 2 N–H and O–H groups in total. The molecule has 1 aromatic carbocycles. The van der Waals surface area contributed by atoms with Gasteiger partial charge in [-0.2, -0.15) is 4.98 Å². The Morgan fingerprint density at radius 2 is 1.84 bits per heavy atom. The maximum atomic E-state index is 13.5. The number of thiophene rings is 1. The number of carbonyl (C=O) groups excluding carboxylic acids is 2. The Balaban J connectivity index is 1.47. The van der Waals surface area contributed by atoms with Gasteiger partial charge in [0.2, 0.25) is 5.82 Å². The second-order valence-electron chi connectivity index (χ2n) is 4.89. The smallest absolute Gasteiger partial charge is 0.316 e. The van der Waals surface area contributed by atoms with E-state index in [1.165, 1.54) is 29.5 Å². The molecule has 0 radical (unpaired) electrons. The van der Waals surface area contributed by atoms with E-state index in [1.807, 2.05) is 17.5 Å². The summed E-state index contributed by atoms with van der Waals surface area (Å²) in [5.74, 6) is -1.52. The Labute approximate surface area is 145 Å². The molecule has 0 aliphatic rings. The first-order chi connectivity index (χ1) is 12.1. The zero-order valence-electron chi connectivity index (χ0n) is 12.9.